The van der Waals surface area contributed by atoms with Crippen molar-refractivity contribution >= 4 is 5.91 Å². The molecule has 1 aromatic carbocycles. The third-order valence-corrected chi connectivity index (χ3v) is 6.35. The van der Waals surface area contributed by atoms with Gasteiger partial charge in [-0.2, -0.15) is 0 Å². The second kappa shape index (κ2) is 8.74. The summed E-state index contributed by atoms with van der Waals surface area (Å²) in [5.41, 5.74) is 1.58. The molecule has 2 aromatic rings. The largest absolute Gasteiger partial charge is 0.493 e. The van der Waals surface area contributed by atoms with Crippen LogP contribution in [0.3, 0.4) is 0 Å². The summed E-state index contributed by atoms with van der Waals surface area (Å²) in [6, 6.07) is 4.25. The zero-order valence-corrected chi connectivity index (χ0v) is 18.0. The topological polar surface area (TPSA) is 82.0 Å². The number of carbonyl (C=O) groups excluding carboxylic acids is 1. The first-order valence-corrected chi connectivity index (χ1v) is 11.1. The number of methoxy groups -OCH3 is 1. The van der Waals surface area contributed by atoms with Gasteiger partial charge in [-0.05, 0) is 56.3 Å². The van der Waals surface area contributed by atoms with Gasteiger partial charge in [-0.3, -0.25) is 9.69 Å². The van der Waals surface area contributed by atoms with Crippen molar-refractivity contribution in [1.29, 1.82) is 0 Å². The summed E-state index contributed by atoms with van der Waals surface area (Å²) in [6.45, 7) is 4.53. The number of fused-ring (bicyclic) bond motifs is 1. The van der Waals surface area contributed by atoms with Crippen molar-refractivity contribution < 1.29 is 19.0 Å². The number of aromatic nitrogens is 3. The molecule has 0 radical (unpaired) electrons. The van der Waals surface area contributed by atoms with E-state index in [9.17, 15) is 4.79 Å². The third-order valence-electron chi connectivity index (χ3n) is 6.35. The Bertz CT molecular complexity index is 940. The van der Waals surface area contributed by atoms with Gasteiger partial charge in [0.2, 0.25) is 12.5 Å². The van der Waals surface area contributed by atoms with Crippen LogP contribution in [-0.2, 0) is 6.54 Å². The Morgan fingerprint density at radius 1 is 1.16 bits per heavy atom. The molecule has 0 aliphatic carbocycles. The van der Waals surface area contributed by atoms with Crippen molar-refractivity contribution in [2.24, 2.45) is 0 Å². The molecule has 3 aliphatic rings. The number of benzene rings is 1. The molecule has 1 amide bonds. The average Bonchev–Trinajstić information content (AvgIpc) is 3.49. The average molecular weight is 428 g/mol. The summed E-state index contributed by atoms with van der Waals surface area (Å²) < 4.78 is 18.4. The van der Waals surface area contributed by atoms with Crippen molar-refractivity contribution in [3.05, 3.63) is 29.6 Å². The van der Waals surface area contributed by atoms with Crippen molar-refractivity contribution in [3.63, 3.8) is 0 Å². The highest BCUT2D eigenvalue weighted by atomic mass is 16.7. The van der Waals surface area contributed by atoms with Crippen LogP contribution < -0.4 is 14.2 Å². The Balaban J connectivity index is 1.25. The van der Waals surface area contributed by atoms with E-state index in [0.29, 0.717) is 17.2 Å². The number of likely N-dealkylation sites (tertiary alicyclic amines) is 2. The Kier molecular flexibility index (Phi) is 5.67. The molecule has 0 spiro atoms. The molecular formula is C22H29N5O4. The van der Waals surface area contributed by atoms with Gasteiger partial charge in [0.05, 0.1) is 19.3 Å². The van der Waals surface area contributed by atoms with Gasteiger partial charge in [-0.15, -0.1) is 5.10 Å². The summed E-state index contributed by atoms with van der Waals surface area (Å²) in [4.78, 5) is 17.0. The quantitative estimate of drug-likeness (QED) is 0.725. The second-order valence-corrected chi connectivity index (χ2v) is 8.50. The van der Waals surface area contributed by atoms with Gasteiger partial charge in [0, 0.05) is 26.2 Å². The zero-order chi connectivity index (χ0) is 21.2. The normalized spacial score (nSPS) is 21.3. The molecule has 4 heterocycles. The lowest BCUT2D eigenvalue weighted by Crippen LogP contribution is -2.36. The van der Waals surface area contributed by atoms with Crippen molar-refractivity contribution in [2.75, 3.05) is 40.1 Å². The van der Waals surface area contributed by atoms with E-state index in [2.05, 4.69) is 15.2 Å². The molecule has 0 saturated carbocycles. The van der Waals surface area contributed by atoms with Gasteiger partial charge in [-0.25, -0.2) is 4.68 Å². The molecule has 0 bridgehead atoms. The standard InChI is InChI=1S/C22H29N5O4/c1-29-19-10-16(11-20-21(19)31-15-30-20)12-25-7-5-6-17(13-25)27-14-18(23-24-27)22(28)26-8-3-2-4-9-26/h10-11,14,17H,2-9,12-13,15H2,1H3. The Morgan fingerprint density at radius 3 is 2.87 bits per heavy atom. The molecule has 1 aromatic heterocycles. The molecule has 0 N–H and O–H groups in total. The van der Waals surface area contributed by atoms with Crippen molar-refractivity contribution in [2.45, 2.75) is 44.7 Å². The van der Waals surface area contributed by atoms with Gasteiger partial charge in [0.15, 0.2) is 17.2 Å². The van der Waals surface area contributed by atoms with Crippen molar-refractivity contribution in [1.82, 2.24) is 24.8 Å². The van der Waals surface area contributed by atoms with E-state index in [0.717, 1.165) is 69.7 Å². The summed E-state index contributed by atoms with van der Waals surface area (Å²) in [6.07, 6.45) is 7.27. The first-order valence-electron chi connectivity index (χ1n) is 11.1. The zero-order valence-electron chi connectivity index (χ0n) is 18.0. The SMILES string of the molecule is COc1cc(CN2CCCC(n3cc(C(=O)N4CCCCC4)nn3)C2)cc2c1OCO2. The molecule has 9 heteroatoms. The molecule has 166 valence electrons. The highest BCUT2D eigenvalue weighted by Crippen LogP contribution is 2.42. The van der Waals surface area contributed by atoms with Crippen LogP contribution in [0.4, 0.5) is 0 Å². The lowest BCUT2D eigenvalue weighted by Gasteiger charge is -2.32. The number of carbonyl (C=O) groups is 1. The van der Waals surface area contributed by atoms with E-state index in [1.54, 1.807) is 7.11 Å². The summed E-state index contributed by atoms with van der Waals surface area (Å²) in [5, 5.41) is 8.50. The smallest absolute Gasteiger partial charge is 0.276 e. The predicted molar refractivity (Wildman–Crippen MR) is 112 cm³/mol. The number of hydrogen-bond acceptors (Lipinski definition) is 7. The van der Waals surface area contributed by atoms with Gasteiger partial charge in [0.25, 0.3) is 5.91 Å². The van der Waals surface area contributed by atoms with Crippen molar-refractivity contribution in [3.8, 4) is 17.2 Å². The molecule has 31 heavy (non-hydrogen) atoms. The van der Waals surface area contributed by atoms with Gasteiger partial charge < -0.3 is 19.1 Å². The first kappa shape index (κ1) is 20.1. The number of rotatable bonds is 5. The molecule has 2 saturated heterocycles. The molecule has 1 atom stereocenters. The molecular weight excluding hydrogens is 398 g/mol. The Hall–Kier alpha value is -2.81. The number of piperidine rings is 2. The van der Waals surface area contributed by atoms with Crippen LogP contribution in [0, 0.1) is 0 Å². The fourth-order valence-corrected chi connectivity index (χ4v) is 4.74. The third kappa shape index (κ3) is 4.19. The van der Waals surface area contributed by atoms with E-state index in [-0.39, 0.29) is 18.7 Å². The van der Waals surface area contributed by atoms with Crippen LogP contribution in [0.25, 0.3) is 0 Å². The molecule has 9 nitrogen and oxygen atoms in total. The summed E-state index contributed by atoms with van der Waals surface area (Å²) in [7, 11) is 1.64. The van der Waals surface area contributed by atoms with Gasteiger partial charge in [0.1, 0.15) is 0 Å². The predicted octanol–water partition coefficient (Wildman–Crippen LogP) is 2.48. The number of amides is 1. The lowest BCUT2D eigenvalue weighted by molar-refractivity contribution is 0.0718. The maximum Gasteiger partial charge on any atom is 0.276 e. The fraction of sp³-hybridized carbons (Fsp3) is 0.591. The van der Waals surface area contributed by atoms with Gasteiger partial charge in [-0.1, -0.05) is 5.21 Å². The van der Waals surface area contributed by atoms with Crippen LogP contribution in [0.15, 0.2) is 18.3 Å². The Morgan fingerprint density at radius 2 is 2.03 bits per heavy atom. The van der Waals surface area contributed by atoms with E-state index in [1.165, 1.54) is 6.42 Å². The maximum absolute atomic E-state index is 12.7. The van der Waals surface area contributed by atoms with E-state index in [1.807, 2.05) is 27.9 Å². The van der Waals surface area contributed by atoms with E-state index in [4.69, 9.17) is 14.2 Å². The van der Waals surface area contributed by atoms with Gasteiger partial charge >= 0.3 is 0 Å². The minimum atomic E-state index is 0.00562. The Labute approximate surface area is 181 Å². The minimum Gasteiger partial charge on any atom is -0.493 e. The number of hydrogen-bond donors (Lipinski definition) is 0. The molecule has 1 unspecified atom stereocenters. The van der Waals surface area contributed by atoms with Crippen LogP contribution >= 0.6 is 0 Å². The number of ether oxygens (including phenoxy) is 3. The summed E-state index contributed by atoms with van der Waals surface area (Å²) >= 11 is 0. The monoisotopic (exact) mass is 427 g/mol. The first-order chi connectivity index (χ1) is 15.2. The minimum absolute atomic E-state index is 0.00562. The summed E-state index contributed by atoms with van der Waals surface area (Å²) in [5.74, 6) is 2.12. The highest BCUT2D eigenvalue weighted by Gasteiger charge is 2.27. The molecule has 5 rings (SSSR count). The fourth-order valence-electron chi connectivity index (χ4n) is 4.74. The molecule has 3 aliphatic heterocycles. The van der Waals surface area contributed by atoms with Crippen LogP contribution in [-0.4, -0.2) is 70.8 Å². The lowest BCUT2D eigenvalue weighted by atomic mass is 10.0. The van der Waals surface area contributed by atoms with Crippen LogP contribution in [0.2, 0.25) is 0 Å². The van der Waals surface area contributed by atoms with Crippen LogP contribution in [0.1, 0.15) is 54.2 Å². The second-order valence-electron chi connectivity index (χ2n) is 8.50. The molecule has 2 fully saturated rings. The maximum atomic E-state index is 12.7. The van der Waals surface area contributed by atoms with E-state index >= 15 is 0 Å². The van der Waals surface area contributed by atoms with Crippen LogP contribution in [0.5, 0.6) is 17.2 Å². The highest BCUT2D eigenvalue weighted by molar-refractivity contribution is 5.91. The number of nitrogens with zero attached hydrogens (tertiary/aromatic N) is 5. The van der Waals surface area contributed by atoms with E-state index < -0.39 is 0 Å².